The number of hydrogen-bond donors (Lipinski definition) is 2. The number of nitro groups is 1. The predicted octanol–water partition coefficient (Wildman–Crippen LogP) is 2.26. The van der Waals surface area contributed by atoms with Gasteiger partial charge in [-0.25, -0.2) is 0 Å². The molecule has 1 fully saturated rings. The van der Waals surface area contributed by atoms with Crippen molar-refractivity contribution in [3.05, 3.63) is 22.0 Å². The maximum atomic E-state index is 12.4. The minimum atomic E-state index is -0.924. The minimum absolute atomic E-state index is 0.0536. The first-order valence-corrected chi connectivity index (χ1v) is 8.57. The van der Waals surface area contributed by atoms with Gasteiger partial charge in [0.05, 0.1) is 4.92 Å². The topological polar surface area (TPSA) is 127 Å². The Morgan fingerprint density at radius 1 is 1.44 bits per heavy atom. The minimum Gasteiger partial charge on any atom is -0.481 e. The number of carbonyl (C=O) groups excluding carboxylic acids is 1. The summed E-state index contributed by atoms with van der Waals surface area (Å²) in [6.07, 6.45) is 7.78. The monoisotopic (exact) mass is 352 g/mol. The van der Waals surface area contributed by atoms with Gasteiger partial charge in [0.1, 0.15) is 6.20 Å². The van der Waals surface area contributed by atoms with Gasteiger partial charge in [-0.2, -0.15) is 5.10 Å². The van der Waals surface area contributed by atoms with Gasteiger partial charge < -0.3 is 10.4 Å². The van der Waals surface area contributed by atoms with E-state index in [1.54, 1.807) is 0 Å². The third-order valence-corrected chi connectivity index (χ3v) is 4.61. The molecule has 2 rings (SSSR count). The fourth-order valence-corrected chi connectivity index (χ4v) is 3.40. The summed E-state index contributed by atoms with van der Waals surface area (Å²) in [6.45, 7) is 0. The lowest BCUT2D eigenvalue weighted by Gasteiger charge is -2.26. The van der Waals surface area contributed by atoms with E-state index in [0.29, 0.717) is 18.8 Å². The number of carboxylic acids is 1. The summed E-state index contributed by atoms with van der Waals surface area (Å²) in [5, 5.41) is 26.6. The van der Waals surface area contributed by atoms with Crippen LogP contribution in [0.25, 0.3) is 0 Å². The zero-order valence-electron chi connectivity index (χ0n) is 14.3. The molecule has 1 aromatic rings. The molecule has 0 bridgehead atoms. The van der Waals surface area contributed by atoms with Crippen molar-refractivity contribution in [2.75, 3.05) is 0 Å². The van der Waals surface area contributed by atoms with Crippen molar-refractivity contribution in [2.24, 2.45) is 13.0 Å². The third kappa shape index (κ3) is 5.54. The van der Waals surface area contributed by atoms with E-state index in [9.17, 15) is 19.7 Å². The van der Waals surface area contributed by atoms with E-state index < -0.39 is 16.8 Å². The number of rotatable bonds is 8. The van der Waals surface area contributed by atoms with E-state index in [4.69, 9.17) is 5.11 Å². The second-order valence-corrected chi connectivity index (χ2v) is 6.64. The van der Waals surface area contributed by atoms with E-state index in [0.717, 1.165) is 25.7 Å². The largest absolute Gasteiger partial charge is 0.481 e. The maximum Gasteiger partial charge on any atom is 0.320 e. The number of aryl methyl sites for hydroxylation is 1. The summed E-state index contributed by atoms with van der Waals surface area (Å²) in [7, 11) is 1.51. The van der Waals surface area contributed by atoms with Crippen LogP contribution in [0.5, 0.6) is 0 Å². The summed E-state index contributed by atoms with van der Waals surface area (Å²) in [5.74, 6) is -1.10. The number of carbonyl (C=O) groups is 2. The Kier molecular flexibility index (Phi) is 6.49. The molecule has 9 heteroatoms. The van der Waals surface area contributed by atoms with Crippen molar-refractivity contribution in [1.82, 2.24) is 15.1 Å². The fourth-order valence-electron chi connectivity index (χ4n) is 3.40. The van der Waals surface area contributed by atoms with Gasteiger partial charge in [0, 0.05) is 19.5 Å². The van der Waals surface area contributed by atoms with Crippen molar-refractivity contribution in [3.8, 4) is 0 Å². The molecule has 2 N–H and O–H groups in total. The Morgan fingerprint density at radius 3 is 2.72 bits per heavy atom. The number of aliphatic carboxylic acids is 1. The molecule has 9 nitrogen and oxygen atoms in total. The third-order valence-electron chi connectivity index (χ3n) is 4.61. The molecule has 0 aliphatic heterocycles. The summed E-state index contributed by atoms with van der Waals surface area (Å²) in [4.78, 5) is 33.7. The molecular formula is C16H24N4O5. The molecular weight excluding hydrogens is 328 g/mol. The molecule has 0 saturated heterocycles. The predicted molar refractivity (Wildman–Crippen MR) is 89.2 cm³/mol. The van der Waals surface area contributed by atoms with Crippen LogP contribution >= 0.6 is 0 Å². The van der Waals surface area contributed by atoms with Crippen LogP contribution in [0.4, 0.5) is 5.69 Å². The average Bonchev–Trinajstić information content (AvgIpc) is 2.96. The van der Waals surface area contributed by atoms with Crippen LogP contribution < -0.4 is 5.32 Å². The zero-order chi connectivity index (χ0) is 18.4. The molecule has 0 spiro atoms. The number of nitrogens with one attached hydrogen (secondary N) is 1. The van der Waals surface area contributed by atoms with E-state index in [1.807, 2.05) is 0 Å². The molecule has 1 saturated carbocycles. The van der Waals surface area contributed by atoms with E-state index in [2.05, 4.69) is 10.4 Å². The highest BCUT2D eigenvalue weighted by molar-refractivity contribution is 5.96. The van der Waals surface area contributed by atoms with Gasteiger partial charge in [0.15, 0.2) is 0 Å². The normalized spacial score (nSPS) is 16.4. The number of amides is 1. The number of hydrogen-bond acceptors (Lipinski definition) is 5. The highest BCUT2D eigenvalue weighted by Crippen LogP contribution is 2.28. The Bertz CT molecular complexity index is 636. The summed E-state index contributed by atoms with van der Waals surface area (Å²) in [6, 6.07) is -0.326. The standard InChI is InChI=1S/C16H24N4O5/c1-19-10-13(20(24)25)15(18-19)16(23)17-12(7-8-14(21)22)9-11-5-3-2-4-6-11/h10-12H,2-9H2,1H3,(H,17,23)(H,21,22). The fraction of sp³-hybridized carbons (Fsp3) is 0.688. The van der Waals surface area contributed by atoms with Gasteiger partial charge in [-0.1, -0.05) is 32.1 Å². The van der Waals surface area contributed by atoms with Crippen LogP contribution in [0.3, 0.4) is 0 Å². The average molecular weight is 352 g/mol. The van der Waals surface area contributed by atoms with Crippen LogP contribution in [0.1, 0.15) is 61.9 Å². The Balaban J connectivity index is 2.07. The molecule has 1 aliphatic carbocycles. The highest BCUT2D eigenvalue weighted by atomic mass is 16.6. The van der Waals surface area contributed by atoms with Gasteiger partial charge in [0.2, 0.25) is 5.69 Å². The van der Waals surface area contributed by atoms with E-state index >= 15 is 0 Å². The van der Waals surface area contributed by atoms with Crippen molar-refractivity contribution >= 4 is 17.6 Å². The number of carboxylic acid groups (broad SMARTS) is 1. The van der Waals surface area contributed by atoms with Gasteiger partial charge >= 0.3 is 11.7 Å². The lowest BCUT2D eigenvalue weighted by molar-refractivity contribution is -0.385. The lowest BCUT2D eigenvalue weighted by atomic mass is 9.84. The molecule has 25 heavy (non-hydrogen) atoms. The molecule has 1 atom stereocenters. The molecule has 1 aromatic heterocycles. The molecule has 0 radical (unpaired) electrons. The second kappa shape index (κ2) is 8.59. The lowest BCUT2D eigenvalue weighted by Crippen LogP contribution is -2.37. The summed E-state index contributed by atoms with van der Waals surface area (Å²) >= 11 is 0. The van der Waals surface area contributed by atoms with Crippen LogP contribution in [-0.4, -0.2) is 37.7 Å². The Labute approximate surface area is 145 Å². The molecule has 1 heterocycles. The second-order valence-electron chi connectivity index (χ2n) is 6.64. The van der Waals surface area contributed by atoms with Gasteiger partial charge in [-0.05, 0) is 18.8 Å². The molecule has 1 unspecified atom stereocenters. The molecule has 0 aromatic carbocycles. The van der Waals surface area contributed by atoms with Gasteiger partial charge in [-0.15, -0.1) is 0 Å². The Hall–Kier alpha value is -2.45. The van der Waals surface area contributed by atoms with Crippen molar-refractivity contribution < 1.29 is 19.6 Å². The molecule has 1 amide bonds. The van der Waals surface area contributed by atoms with Crippen LogP contribution in [0.15, 0.2) is 6.20 Å². The zero-order valence-corrected chi connectivity index (χ0v) is 14.3. The number of aromatic nitrogens is 2. The van der Waals surface area contributed by atoms with Crippen molar-refractivity contribution in [2.45, 2.75) is 57.4 Å². The quantitative estimate of drug-likeness (QED) is 0.545. The number of nitrogens with zero attached hydrogens (tertiary/aromatic N) is 3. The van der Waals surface area contributed by atoms with Crippen LogP contribution in [0.2, 0.25) is 0 Å². The summed E-state index contributed by atoms with van der Waals surface area (Å²) in [5.41, 5.74) is -0.592. The molecule has 138 valence electrons. The van der Waals surface area contributed by atoms with E-state index in [1.165, 1.54) is 24.3 Å². The van der Waals surface area contributed by atoms with Gasteiger partial charge in [0.25, 0.3) is 5.91 Å². The van der Waals surface area contributed by atoms with Crippen molar-refractivity contribution in [3.63, 3.8) is 0 Å². The van der Waals surface area contributed by atoms with E-state index in [-0.39, 0.29) is 23.8 Å². The maximum absolute atomic E-state index is 12.4. The van der Waals surface area contributed by atoms with Crippen LogP contribution in [0, 0.1) is 16.0 Å². The molecule has 1 aliphatic rings. The van der Waals surface area contributed by atoms with Crippen molar-refractivity contribution in [1.29, 1.82) is 0 Å². The summed E-state index contributed by atoms with van der Waals surface area (Å²) < 4.78 is 1.22. The SMILES string of the molecule is Cn1cc([N+](=O)[O-])c(C(=O)NC(CCC(=O)O)CC2CCCCC2)n1. The first-order chi connectivity index (χ1) is 11.9. The Morgan fingerprint density at radius 2 is 2.12 bits per heavy atom. The first kappa shape index (κ1) is 18.9. The highest BCUT2D eigenvalue weighted by Gasteiger charge is 2.28. The first-order valence-electron chi connectivity index (χ1n) is 8.57. The van der Waals surface area contributed by atoms with Crippen LogP contribution in [-0.2, 0) is 11.8 Å². The van der Waals surface area contributed by atoms with Gasteiger partial charge in [-0.3, -0.25) is 24.4 Å². The smallest absolute Gasteiger partial charge is 0.320 e.